The van der Waals surface area contributed by atoms with Crippen LogP contribution >= 0.6 is 0 Å². The molecule has 4 rings (SSSR count). The SMILES string of the molecule is CCN(CC)CCOc1ccc(-c2nc3ccc(OCCN(CC)CC)cc3n2-c2ccccc2)cc1. The van der Waals surface area contributed by atoms with Gasteiger partial charge in [-0.2, -0.15) is 0 Å². The van der Waals surface area contributed by atoms with Gasteiger partial charge in [-0.3, -0.25) is 4.57 Å². The minimum atomic E-state index is 0.662. The second kappa shape index (κ2) is 13.3. The fourth-order valence-electron chi connectivity index (χ4n) is 4.54. The highest BCUT2D eigenvalue weighted by Crippen LogP contribution is 2.31. The van der Waals surface area contributed by atoms with Gasteiger partial charge in [-0.1, -0.05) is 45.9 Å². The molecule has 0 aliphatic rings. The normalized spacial score (nSPS) is 11.5. The summed E-state index contributed by atoms with van der Waals surface area (Å²) in [6.07, 6.45) is 0. The molecule has 6 nitrogen and oxygen atoms in total. The van der Waals surface area contributed by atoms with Crippen molar-refractivity contribution in [1.29, 1.82) is 0 Å². The Hall–Kier alpha value is -3.35. The lowest BCUT2D eigenvalue weighted by Gasteiger charge is -2.18. The monoisotopic (exact) mass is 500 g/mol. The standard InChI is InChI=1S/C31H40N4O2/c1-5-33(6-2)20-22-36-27-16-14-25(15-17-27)31-32-29-19-18-28(37-23-21-34(7-3)8-4)24-30(29)35(31)26-12-10-9-11-13-26/h9-19,24H,5-8,20-23H2,1-4H3. The zero-order valence-corrected chi connectivity index (χ0v) is 22.7. The Balaban J connectivity index is 1.59. The minimum absolute atomic E-state index is 0.662. The van der Waals surface area contributed by atoms with Crippen molar-refractivity contribution in [2.75, 3.05) is 52.5 Å². The number of hydrogen-bond donors (Lipinski definition) is 0. The quantitative estimate of drug-likeness (QED) is 0.208. The zero-order valence-electron chi connectivity index (χ0n) is 22.7. The first-order valence-electron chi connectivity index (χ1n) is 13.5. The second-order valence-electron chi connectivity index (χ2n) is 9.03. The predicted molar refractivity (Wildman–Crippen MR) is 153 cm³/mol. The topological polar surface area (TPSA) is 42.8 Å². The number of likely N-dealkylation sites (N-methyl/N-ethyl adjacent to an activating group) is 2. The molecule has 0 bridgehead atoms. The average Bonchev–Trinajstić information content (AvgIpc) is 3.33. The van der Waals surface area contributed by atoms with Crippen molar-refractivity contribution in [3.63, 3.8) is 0 Å². The lowest BCUT2D eigenvalue weighted by molar-refractivity contribution is 0.223. The van der Waals surface area contributed by atoms with Crippen molar-refractivity contribution < 1.29 is 9.47 Å². The molecule has 3 aromatic carbocycles. The summed E-state index contributed by atoms with van der Waals surface area (Å²) in [7, 11) is 0. The third-order valence-electron chi connectivity index (χ3n) is 6.89. The molecule has 0 atom stereocenters. The van der Waals surface area contributed by atoms with E-state index in [0.717, 1.165) is 78.9 Å². The van der Waals surface area contributed by atoms with E-state index in [4.69, 9.17) is 14.5 Å². The molecule has 0 aliphatic carbocycles. The van der Waals surface area contributed by atoms with Crippen LogP contribution in [-0.4, -0.2) is 71.8 Å². The molecule has 0 unspecified atom stereocenters. The number of fused-ring (bicyclic) bond motifs is 1. The molecule has 0 radical (unpaired) electrons. The number of aromatic nitrogens is 2. The van der Waals surface area contributed by atoms with Crippen LogP contribution in [0.5, 0.6) is 11.5 Å². The minimum Gasteiger partial charge on any atom is -0.492 e. The van der Waals surface area contributed by atoms with Crippen molar-refractivity contribution in [3.05, 3.63) is 72.8 Å². The van der Waals surface area contributed by atoms with Gasteiger partial charge in [0.25, 0.3) is 0 Å². The molecule has 0 saturated carbocycles. The van der Waals surface area contributed by atoms with E-state index >= 15 is 0 Å². The molecule has 0 aliphatic heterocycles. The molecule has 6 heteroatoms. The van der Waals surface area contributed by atoms with Crippen molar-refractivity contribution >= 4 is 11.0 Å². The molecule has 0 fully saturated rings. The van der Waals surface area contributed by atoms with Crippen molar-refractivity contribution in [2.24, 2.45) is 0 Å². The largest absolute Gasteiger partial charge is 0.492 e. The van der Waals surface area contributed by atoms with E-state index < -0.39 is 0 Å². The molecule has 0 spiro atoms. The van der Waals surface area contributed by atoms with E-state index in [0.29, 0.717) is 13.2 Å². The number of para-hydroxylation sites is 1. The summed E-state index contributed by atoms with van der Waals surface area (Å²) in [5.74, 6) is 2.64. The van der Waals surface area contributed by atoms with E-state index in [9.17, 15) is 0 Å². The first-order chi connectivity index (χ1) is 18.2. The zero-order chi connectivity index (χ0) is 26.0. The van der Waals surface area contributed by atoms with Crippen LogP contribution in [0.15, 0.2) is 72.8 Å². The Morgan fingerprint density at radius 2 is 1.24 bits per heavy atom. The molecule has 196 valence electrons. The molecular weight excluding hydrogens is 460 g/mol. The Morgan fingerprint density at radius 3 is 1.84 bits per heavy atom. The highest BCUT2D eigenvalue weighted by atomic mass is 16.5. The third kappa shape index (κ3) is 6.70. The van der Waals surface area contributed by atoms with Crippen molar-refractivity contribution in [3.8, 4) is 28.6 Å². The highest BCUT2D eigenvalue weighted by Gasteiger charge is 2.15. The summed E-state index contributed by atoms with van der Waals surface area (Å²) in [6.45, 7) is 16.0. The summed E-state index contributed by atoms with van der Waals surface area (Å²) in [5.41, 5.74) is 4.08. The van der Waals surface area contributed by atoms with Gasteiger partial charge in [0.1, 0.15) is 30.5 Å². The van der Waals surface area contributed by atoms with E-state index in [1.54, 1.807) is 0 Å². The van der Waals surface area contributed by atoms with Gasteiger partial charge >= 0.3 is 0 Å². The van der Waals surface area contributed by atoms with Crippen LogP contribution in [0.25, 0.3) is 28.1 Å². The number of rotatable bonds is 14. The Labute approximate surface area is 221 Å². The maximum absolute atomic E-state index is 6.14. The van der Waals surface area contributed by atoms with Gasteiger partial charge in [-0.15, -0.1) is 0 Å². The molecule has 37 heavy (non-hydrogen) atoms. The van der Waals surface area contributed by atoms with Crippen LogP contribution in [0.4, 0.5) is 0 Å². The Bertz CT molecular complexity index is 1230. The van der Waals surface area contributed by atoms with Crippen LogP contribution in [0.2, 0.25) is 0 Å². The molecule has 0 N–H and O–H groups in total. The summed E-state index contributed by atoms with van der Waals surface area (Å²) < 4.78 is 14.4. The van der Waals surface area contributed by atoms with Crippen molar-refractivity contribution in [2.45, 2.75) is 27.7 Å². The molecule has 0 amide bonds. The van der Waals surface area contributed by atoms with Gasteiger partial charge < -0.3 is 19.3 Å². The number of benzene rings is 3. The Kier molecular flexibility index (Phi) is 9.58. The fraction of sp³-hybridized carbons (Fsp3) is 0.387. The predicted octanol–water partition coefficient (Wildman–Crippen LogP) is 6.13. The first-order valence-corrected chi connectivity index (χ1v) is 13.5. The maximum atomic E-state index is 6.14. The van der Waals surface area contributed by atoms with Crippen molar-refractivity contribution in [1.82, 2.24) is 19.4 Å². The molecule has 1 heterocycles. The molecule has 1 aromatic heterocycles. The second-order valence-corrected chi connectivity index (χ2v) is 9.03. The molecule has 0 saturated heterocycles. The highest BCUT2D eigenvalue weighted by molar-refractivity contribution is 5.84. The van der Waals surface area contributed by atoms with E-state index in [2.05, 4.69) is 90.6 Å². The third-order valence-corrected chi connectivity index (χ3v) is 6.89. The summed E-state index contributed by atoms with van der Waals surface area (Å²) in [6, 6.07) is 24.8. The van der Waals surface area contributed by atoms with Crippen LogP contribution in [0.1, 0.15) is 27.7 Å². The van der Waals surface area contributed by atoms with Gasteiger partial charge in [0, 0.05) is 30.4 Å². The first kappa shape index (κ1) is 26.7. The van der Waals surface area contributed by atoms with Gasteiger partial charge in [0.15, 0.2) is 0 Å². The number of nitrogens with zero attached hydrogens (tertiary/aromatic N) is 4. The Morgan fingerprint density at radius 1 is 0.676 bits per heavy atom. The summed E-state index contributed by atoms with van der Waals surface area (Å²) in [5, 5.41) is 0. The van der Waals surface area contributed by atoms with Crippen LogP contribution in [-0.2, 0) is 0 Å². The van der Waals surface area contributed by atoms with Crippen LogP contribution in [0.3, 0.4) is 0 Å². The maximum Gasteiger partial charge on any atom is 0.145 e. The van der Waals surface area contributed by atoms with E-state index in [-0.39, 0.29) is 0 Å². The van der Waals surface area contributed by atoms with Gasteiger partial charge in [-0.05, 0) is 74.7 Å². The van der Waals surface area contributed by atoms with Gasteiger partial charge in [-0.25, -0.2) is 4.98 Å². The number of ether oxygens (including phenoxy) is 2. The molecule has 4 aromatic rings. The van der Waals surface area contributed by atoms with Gasteiger partial charge in [0.05, 0.1) is 11.0 Å². The summed E-state index contributed by atoms with van der Waals surface area (Å²) >= 11 is 0. The van der Waals surface area contributed by atoms with Crippen LogP contribution in [0, 0.1) is 0 Å². The van der Waals surface area contributed by atoms with E-state index in [1.165, 1.54) is 0 Å². The average molecular weight is 501 g/mol. The number of imidazole rings is 1. The lowest BCUT2D eigenvalue weighted by Crippen LogP contribution is -2.27. The fourth-order valence-corrected chi connectivity index (χ4v) is 4.54. The summed E-state index contributed by atoms with van der Waals surface area (Å²) in [4.78, 5) is 9.75. The smallest absolute Gasteiger partial charge is 0.145 e. The van der Waals surface area contributed by atoms with Crippen LogP contribution < -0.4 is 9.47 Å². The molecular formula is C31H40N4O2. The van der Waals surface area contributed by atoms with E-state index in [1.807, 2.05) is 24.3 Å². The lowest BCUT2D eigenvalue weighted by atomic mass is 10.2. The van der Waals surface area contributed by atoms with Gasteiger partial charge in [0.2, 0.25) is 0 Å². The number of hydrogen-bond acceptors (Lipinski definition) is 5.